The number of hydrogen-bond acceptors (Lipinski definition) is 11. The molecule has 2 atom stereocenters. The molecule has 0 fully saturated rings. The van der Waals surface area contributed by atoms with Crippen molar-refractivity contribution in [1.82, 2.24) is 21.3 Å². The second-order valence-corrected chi connectivity index (χ2v) is 12.9. The second kappa shape index (κ2) is 38.8. The summed E-state index contributed by atoms with van der Waals surface area (Å²) in [6, 6.07) is 8.30. The number of carbonyl (C=O) groups is 4. The number of benzene rings is 1. The van der Waals surface area contributed by atoms with Crippen LogP contribution in [0.5, 0.6) is 0 Å². The Hall–Kier alpha value is -3.70. The molecule has 0 radical (unpaired) electrons. The predicted octanol–water partition coefficient (Wildman–Crippen LogP) is 0.189. The van der Waals surface area contributed by atoms with Crippen LogP contribution in [-0.2, 0) is 69.2 Å². The Morgan fingerprint density at radius 1 is 0.776 bits per heavy atom. The van der Waals surface area contributed by atoms with E-state index < -0.39 is 42.1 Å². The Bertz CT molecular complexity index is 1280. The zero-order valence-corrected chi connectivity index (χ0v) is 35.3. The molecule has 1 aromatic rings. The third kappa shape index (κ3) is 34.3. The zero-order chi connectivity index (χ0) is 43.1. The number of nitrogens with two attached hydrogens (primary N) is 2. The molecule has 0 bridgehead atoms. The summed E-state index contributed by atoms with van der Waals surface area (Å²) in [6.07, 6.45) is 1.89. The summed E-state index contributed by atoms with van der Waals surface area (Å²) in [6.45, 7) is 6.41. The van der Waals surface area contributed by atoms with Gasteiger partial charge in [0, 0.05) is 38.5 Å². The Kier molecular flexibility index (Phi) is 36.3. The van der Waals surface area contributed by atoms with Crippen molar-refractivity contribution in [3.8, 4) is 0 Å². The SMILES string of the molecule is CC(CCCN=C(N)N)NC(=O)[C@H](Cc1ccccc1)NC(=O)COCC(=O)NCCOCCOCCOCCNC(=O)CC(C[N-]CC[NH-])C[N-]CC[NH-].[O]=[Tc]=[O]. The second-order valence-electron chi connectivity index (χ2n) is 12.6. The quantitative estimate of drug-likeness (QED) is 0.0302. The molecule has 0 saturated heterocycles. The minimum absolute atomic E-state index is 0.0171. The van der Waals surface area contributed by atoms with Gasteiger partial charge in [-0.3, -0.25) is 24.2 Å². The molecule has 0 saturated carbocycles. The first-order valence-electron chi connectivity index (χ1n) is 19.0. The maximum atomic E-state index is 13.1. The Labute approximate surface area is 349 Å². The molecule has 1 rings (SSSR count). The van der Waals surface area contributed by atoms with Crippen LogP contribution in [0.25, 0.3) is 22.1 Å². The maximum absolute atomic E-state index is 13.1. The van der Waals surface area contributed by atoms with E-state index >= 15 is 0 Å². The first kappa shape index (κ1) is 54.3. The van der Waals surface area contributed by atoms with Gasteiger partial charge < -0.3 is 73.8 Å². The van der Waals surface area contributed by atoms with Crippen molar-refractivity contribution in [1.29, 1.82) is 0 Å². The van der Waals surface area contributed by atoms with Gasteiger partial charge in [-0.2, -0.15) is 26.2 Å². The Morgan fingerprint density at radius 2 is 1.31 bits per heavy atom. The van der Waals surface area contributed by atoms with E-state index in [0.29, 0.717) is 85.1 Å². The topological polar surface area (TPSA) is 328 Å². The number of carbonyl (C=O) groups excluding carboxylic acids is 4. The van der Waals surface area contributed by atoms with Crippen LogP contribution < -0.4 is 32.7 Å². The van der Waals surface area contributed by atoms with E-state index in [1.54, 1.807) is 0 Å². The number of amides is 4. The van der Waals surface area contributed by atoms with Crippen LogP contribution in [0, 0.1) is 5.92 Å². The fourth-order valence-electron chi connectivity index (χ4n) is 4.90. The summed E-state index contributed by atoms with van der Waals surface area (Å²) >= 11 is -1.91. The summed E-state index contributed by atoms with van der Waals surface area (Å²) in [5.41, 5.74) is 26.0. The number of guanidine groups is 1. The Morgan fingerprint density at radius 3 is 1.86 bits per heavy atom. The van der Waals surface area contributed by atoms with Crippen LogP contribution in [0.1, 0.15) is 31.7 Å². The van der Waals surface area contributed by atoms with Crippen LogP contribution in [-0.4, -0.2) is 153 Å². The van der Waals surface area contributed by atoms with Crippen LogP contribution in [0.3, 0.4) is 0 Å². The van der Waals surface area contributed by atoms with Crippen molar-refractivity contribution in [2.75, 3.05) is 112 Å². The number of hydrogen-bond donors (Lipinski definition) is 6. The molecule has 0 spiro atoms. The van der Waals surface area contributed by atoms with Crippen LogP contribution in [0.2, 0.25) is 0 Å². The monoisotopic (exact) mass is 906 g/mol. The number of ether oxygens (including phenoxy) is 4. The molecule has 58 heavy (non-hydrogen) atoms. The van der Waals surface area contributed by atoms with E-state index in [1.807, 2.05) is 37.3 Å². The average Bonchev–Trinajstić information content (AvgIpc) is 3.18. The normalized spacial score (nSPS) is 11.7. The number of nitrogens with zero attached hydrogens (tertiary/aromatic N) is 3. The minimum atomic E-state index is -1.91. The molecule has 1 unspecified atom stereocenters. The van der Waals surface area contributed by atoms with Gasteiger partial charge in [-0.05, 0) is 25.3 Å². The van der Waals surface area contributed by atoms with Gasteiger partial charge in [0.15, 0.2) is 5.96 Å². The van der Waals surface area contributed by atoms with E-state index in [-0.39, 0.29) is 75.4 Å². The van der Waals surface area contributed by atoms with Crippen molar-refractivity contribution in [2.24, 2.45) is 22.4 Å². The Balaban J connectivity index is 0.0000105. The number of rotatable bonds is 35. The first-order chi connectivity index (χ1) is 28.1. The van der Waals surface area contributed by atoms with Crippen molar-refractivity contribution >= 4 is 29.6 Å². The molecular formula is C36H63N11O10Tc-4. The number of nitrogens with one attached hydrogen (secondary N) is 6. The van der Waals surface area contributed by atoms with E-state index in [9.17, 15) is 19.2 Å². The first-order valence-corrected chi connectivity index (χ1v) is 20.6. The fourth-order valence-corrected chi connectivity index (χ4v) is 4.90. The molecule has 4 amide bonds. The van der Waals surface area contributed by atoms with E-state index in [4.69, 9.17) is 48.9 Å². The van der Waals surface area contributed by atoms with Gasteiger partial charge in [-0.25, -0.2) is 0 Å². The predicted molar refractivity (Wildman–Crippen MR) is 213 cm³/mol. The van der Waals surface area contributed by atoms with E-state index in [0.717, 1.165) is 5.56 Å². The van der Waals surface area contributed by atoms with Gasteiger partial charge in [0.05, 0.1) is 39.6 Å². The van der Waals surface area contributed by atoms with Crippen molar-refractivity contribution in [3.63, 3.8) is 0 Å². The zero-order valence-electron chi connectivity index (χ0n) is 33.4. The molecule has 0 aromatic heterocycles. The number of aliphatic imine (C=N–C) groups is 1. The van der Waals surface area contributed by atoms with E-state index in [1.165, 1.54) is 0 Å². The van der Waals surface area contributed by atoms with Crippen molar-refractivity contribution in [2.45, 2.75) is 44.7 Å². The van der Waals surface area contributed by atoms with Gasteiger partial charge >= 0.3 is 24.6 Å². The molecular weight excluding hydrogens is 844 g/mol. The fraction of sp³-hybridized carbons (Fsp3) is 0.694. The summed E-state index contributed by atoms with van der Waals surface area (Å²) < 4.78 is 38.6. The van der Waals surface area contributed by atoms with Crippen LogP contribution >= 0.6 is 0 Å². The summed E-state index contributed by atoms with van der Waals surface area (Å²) in [5.74, 6) is -1.41. The van der Waals surface area contributed by atoms with Gasteiger partial charge in [-0.15, -0.1) is 13.1 Å². The molecule has 22 heteroatoms. The molecule has 10 N–H and O–H groups in total. The van der Waals surface area contributed by atoms with Gasteiger partial charge in [0.1, 0.15) is 19.3 Å². The molecule has 21 nitrogen and oxygen atoms in total. The molecule has 333 valence electrons. The molecule has 0 heterocycles. The average molecular weight is 908 g/mol. The molecule has 0 aliphatic carbocycles. The third-order valence-corrected chi connectivity index (χ3v) is 7.55. The summed E-state index contributed by atoms with van der Waals surface area (Å²) in [4.78, 5) is 54.0. The molecule has 0 aliphatic rings. The third-order valence-electron chi connectivity index (χ3n) is 7.55. The summed E-state index contributed by atoms with van der Waals surface area (Å²) in [5, 5.41) is 19.7. The molecule has 1 aromatic carbocycles. The van der Waals surface area contributed by atoms with E-state index in [2.05, 4.69) is 36.9 Å². The van der Waals surface area contributed by atoms with Crippen molar-refractivity contribution in [3.05, 3.63) is 58.0 Å². The summed E-state index contributed by atoms with van der Waals surface area (Å²) in [7, 11) is 0. The van der Waals surface area contributed by atoms with Gasteiger partial charge in [-0.1, -0.05) is 36.2 Å². The van der Waals surface area contributed by atoms with Crippen LogP contribution in [0.15, 0.2) is 35.3 Å². The van der Waals surface area contributed by atoms with Gasteiger partial charge in [0.25, 0.3) is 0 Å². The van der Waals surface area contributed by atoms with Gasteiger partial charge in [0.2, 0.25) is 23.6 Å². The van der Waals surface area contributed by atoms with Crippen molar-refractivity contribution < 1.29 is 62.7 Å². The molecule has 0 aliphatic heterocycles. The van der Waals surface area contributed by atoms with Crippen LogP contribution in [0.4, 0.5) is 0 Å². The standard InChI is InChI=1S/C36H63N11O8.2O.Tc/c1-28(6-5-11-45-36(39)40)46-35(51)31(22-29-7-3-2-4-8-29)47-34(50)27-55-26-33(49)44-15-17-53-19-21-54-20-18-52-16-14-43-32(48)23-30(24-41-12-9-37)25-42-13-10-38;;;/h2-4,7-8,28,30-31,37-38H,5-6,9-27H2,1H3,(H,43,48)(H,44,49)(H,46,51)(H,47,50)(H4,39,40,45);;;/q-4;;;/t28?,31-;;;/m0.../s1.